The first kappa shape index (κ1) is 13.3. The minimum absolute atomic E-state index is 0.0575. The molecule has 0 radical (unpaired) electrons. The summed E-state index contributed by atoms with van der Waals surface area (Å²) in [4.78, 5) is 12.0. The molecule has 2 aromatic heterocycles. The lowest BCUT2D eigenvalue weighted by atomic mass is 10.3. The van der Waals surface area contributed by atoms with Crippen LogP contribution in [0.25, 0.3) is 0 Å². The Morgan fingerprint density at radius 1 is 1.47 bits per heavy atom. The smallest absolute Gasteiger partial charge is 0.244 e. The molecule has 0 fully saturated rings. The number of carbonyl (C=O) groups excluding carboxylic acids is 1. The summed E-state index contributed by atoms with van der Waals surface area (Å²) >= 11 is 0. The highest BCUT2D eigenvalue weighted by Gasteiger charge is 2.16. The molecule has 2 aromatic rings. The highest BCUT2D eigenvalue weighted by atomic mass is 16.2. The van der Waals surface area contributed by atoms with Crippen LogP contribution in [0.3, 0.4) is 0 Å². The van der Waals surface area contributed by atoms with E-state index >= 15 is 0 Å². The van der Waals surface area contributed by atoms with Crippen molar-refractivity contribution in [2.45, 2.75) is 39.9 Å². The van der Waals surface area contributed by atoms with Gasteiger partial charge in [0.1, 0.15) is 6.04 Å². The lowest BCUT2D eigenvalue weighted by Crippen LogP contribution is -2.31. The van der Waals surface area contributed by atoms with E-state index in [4.69, 9.17) is 0 Å². The molecule has 1 unspecified atom stereocenters. The second-order valence-corrected chi connectivity index (χ2v) is 4.47. The largest absolute Gasteiger partial charge is 0.349 e. The average molecular weight is 261 g/mol. The predicted octanol–water partition coefficient (Wildman–Crippen LogP) is 1.29. The first-order chi connectivity index (χ1) is 9.11. The Morgan fingerprint density at radius 3 is 2.84 bits per heavy atom. The van der Waals surface area contributed by atoms with E-state index in [1.807, 2.05) is 43.8 Å². The van der Waals surface area contributed by atoms with E-state index < -0.39 is 0 Å². The van der Waals surface area contributed by atoms with Crippen LogP contribution in [-0.2, 0) is 17.9 Å². The van der Waals surface area contributed by atoms with Crippen LogP contribution >= 0.6 is 0 Å². The Hall–Kier alpha value is -2.11. The minimum Gasteiger partial charge on any atom is -0.349 e. The number of hydrogen-bond acceptors (Lipinski definition) is 3. The molecule has 1 atom stereocenters. The molecule has 102 valence electrons. The molecular weight excluding hydrogens is 242 g/mol. The molecule has 1 N–H and O–H groups in total. The van der Waals surface area contributed by atoms with E-state index in [-0.39, 0.29) is 11.9 Å². The SMILES string of the molecule is CCn1ccc(CNC(=O)C(C)n2nccc2C)n1. The second-order valence-electron chi connectivity index (χ2n) is 4.47. The molecule has 2 rings (SSSR count). The highest BCUT2D eigenvalue weighted by Crippen LogP contribution is 2.08. The second kappa shape index (κ2) is 5.69. The van der Waals surface area contributed by atoms with E-state index in [9.17, 15) is 4.79 Å². The van der Waals surface area contributed by atoms with Gasteiger partial charge in [-0.15, -0.1) is 0 Å². The van der Waals surface area contributed by atoms with Gasteiger partial charge in [0.05, 0.1) is 12.2 Å². The van der Waals surface area contributed by atoms with Gasteiger partial charge in [0, 0.05) is 24.6 Å². The van der Waals surface area contributed by atoms with Gasteiger partial charge in [-0.25, -0.2) is 0 Å². The normalized spacial score (nSPS) is 12.4. The maximum Gasteiger partial charge on any atom is 0.244 e. The number of nitrogens with one attached hydrogen (secondary N) is 1. The van der Waals surface area contributed by atoms with Crippen molar-refractivity contribution in [2.75, 3.05) is 0 Å². The molecular formula is C13H19N5O. The minimum atomic E-state index is -0.316. The van der Waals surface area contributed by atoms with Gasteiger partial charge < -0.3 is 5.32 Å². The fourth-order valence-electron chi connectivity index (χ4n) is 1.90. The van der Waals surface area contributed by atoms with Gasteiger partial charge >= 0.3 is 0 Å². The third-order valence-corrected chi connectivity index (χ3v) is 3.08. The van der Waals surface area contributed by atoms with E-state index in [2.05, 4.69) is 15.5 Å². The number of nitrogens with zero attached hydrogens (tertiary/aromatic N) is 4. The molecule has 0 aliphatic carbocycles. The highest BCUT2D eigenvalue weighted by molar-refractivity contribution is 5.79. The summed E-state index contributed by atoms with van der Waals surface area (Å²) in [7, 11) is 0. The molecule has 0 saturated heterocycles. The van der Waals surface area contributed by atoms with Crippen molar-refractivity contribution in [1.29, 1.82) is 0 Å². The number of rotatable bonds is 5. The van der Waals surface area contributed by atoms with Gasteiger partial charge in [0.15, 0.2) is 0 Å². The zero-order valence-electron chi connectivity index (χ0n) is 11.5. The van der Waals surface area contributed by atoms with Crippen LogP contribution in [0, 0.1) is 6.92 Å². The summed E-state index contributed by atoms with van der Waals surface area (Å²) in [5.41, 5.74) is 1.83. The van der Waals surface area contributed by atoms with E-state index in [1.54, 1.807) is 10.9 Å². The molecule has 1 amide bonds. The van der Waals surface area contributed by atoms with Crippen LogP contribution < -0.4 is 5.32 Å². The van der Waals surface area contributed by atoms with Gasteiger partial charge in [-0.3, -0.25) is 14.2 Å². The molecule has 6 nitrogen and oxygen atoms in total. The fourth-order valence-corrected chi connectivity index (χ4v) is 1.90. The molecule has 6 heteroatoms. The summed E-state index contributed by atoms with van der Waals surface area (Å²) in [6.45, 7) is 7.06. The summed E-state index contributed by atoms with van der Waals surface area (Å²) in [6.07, 6.45) is 3.60. The third kappa shape index (κ3) is 3.01. The Labute approximate surface area is 112 Å². The van der Waals surface area contributed by atoms with Gasteiger partial charge in [-0.2, -0.15) is 10.2 Å². The van der Waals surface area contributed by atoms with E-state index in [0.717, 1.165) is 17.9 Å². The van der Waals surface area contributed by atoms with Crippen molar-refractivity contribution in [1.82, 2.24) is 24.9 Å². The first-order valence-electron chi connectivity index (χ1n) is 6.42. The van der Waals surface area contributed by atoms with Gasteiger partial charge in [-0.1, -0.05) is 0 Å². The zero-order chi connectivity index (χ0) is 13.8. The molecule has 0 saturated carbocycles. The van der Waals surface area contributed by atoms with Crippen molar-refractivity contribution in [2.24, 2.45) is 0 Å². The monoisotopic (exact) mass is 261 g/mol. The van der Waals surface area contributed by atoms with Gasteiger partial charge in [0.25, 0.3) is 0 Å². The molecule has 0 spiro atoms. The van der Waals surface area contributed by atoms with Crippen LogP contribution in [0.1, 0.15) is 31.3 Å². The van der Waals surface area contributed by atoms with Gasteiger partial charge in [0.2, 0.25) is 5.91 Å². The molecule has 0 aliphatic rings. The van der Waals surface area contributed by atoms with Crippen molar-refractivity contribution >= 4 is 5.91 Å². The van der Waals surface area contributed by atoms with Crippen LogP contribution in [-0.4, -0.2) is 25.5 Å². The number of carbonyl (C=O) groups is 1. The average Bonchev–Trinajstić information content (AvgIpc) is 3.03. The number of aromatic nitrogens is 4. The van der Waals surface area contributed by atoms with Crippen molar-refractivity contribution < 1.29 is 4.79 Å². The predicted molar refractivity (Wildman–Crippen MR) is 71.4 cm³/mol. The standard InChI is InChI=1S/C13H19N5O/c1-4-17-8-6-12(16-17)9-14-13(19)11(3)18-10(2)5-7-15-18/h5-8,11H,4,9H2,1-3H3,(H,14,19). The van der Waals surface area contributed by atoms with Crippen LogP contribution in [0.5, 0.6) is 0 Å². The maximum atomic E-state index is 12.0. The van der Waals surface area contributed by atoms with Crippen LogP contribution in [0.4, 0.5) is 0 Å². The summed E-state index contributed by atoms with van der Waals surface area (Å²) in [5, 5.41) is 11.3. The van der Waals surface area contributed by atoms with Crippen LogP contribution in [0.2, 0.25) is 0 Å². The number of amides is 1. The first-order valence-corrected chi connectivity index (χ1v) is 6.42. The Kier molecular flexibility index (Phi) is 3.99. The van der Waals surface area contributed by atoms with E-state index in [0.29, 0.717) is 6.54 Å². The Morgan fingerprint density at radius 2 is 2.26 bits per heavy atom. The molecule has 0 bridgehead atoms. The quantitative estimate of drug-likeness (QED) is 0.882. The maximum absolute atomic E-state index is 12.0. The number of hydrogen-bond donors (Lipinski definition) is 1. The Bertz CT molecular complexity index is 557. The zero-order valence-corrected chi connectivity index (χ0v) is 11.5. The fraction of sp³-hybridized carbons (Fsp3) is 0.462. The van der Waals surface area contributed by atoms with Crippen molar-refractivity contribution in [3.63, 3.8) is 0 Å². The molecule has 0 aromatic carbocycles. The third-order valence-electron chi connectivity index (χ3n) is 3.08. The van der Waals surface area contributed by atoms with E-state index in [1.165, 1.54) is 0 Å². The lowest BCUT2D eigenvalue weighted by molar-refractivity contribution is -0.124. The van der Waals surface area contributed by atoms with Crippen LogP contribution in [0.15, 0.2) is 24.5 Å². The summed E-state index contributed by atoms with van der Waals surface area (Å²) in [5.74, 6) is -0.0575. The van der Waals surface area contributed by atoms with Crippen molar-refractivity contribution in [3.05, 3.63) is 35.9 Å². The molecule has 19 heavy (non-hydrogen) atoms. The number of aryl methyl sites for hydroxylation is 2. The summed E-state index contributed by atoms with van der Waals surface area (Å²) in [6, 6.07) is 3.48. The molecule has 2 heterocycles. The van der Waals surface area contributed by atoms with Gasteiger partial charge in [-0.05, 0) is 32.9 Å². The Balaban J connectivity index is 1.92. The molecule has 0 aliphatic heterocycles. The summed E-state index contributed by atoms with van der Waals surface area (Å²) < 4.78 is 3.54. The lowest BCUT2D eigenvalue weighted by Gasteiger charge is -2.13. The van der Waals surface area contributed by atoms with Crippen molar-refractivity contribution in [3.8, 4) is 0 Å². The topological polar surface area (TPSA) is 64.7 Å².